The van der Waals surface area contributed by atoms with Gasteiger partial charge in [0, 0.05) is 36.7 Å². The van der Waals surface area contributed by atoms with Gasteiger partial charge in [0.1, 0.15) is 0 Å². The quantitative estimate of drug-likeness (QED) is 0.742. The van der Waals surface area contributed by atoms with Crippen LogP contribution < -0.4 is 4.90 Å². The SMILES string of the molecule is CN(C(=O)Cc1ccc(-n2cccc2)cc1)c1nccs1. The highest BCUT2D eigenvalue weighted by Gasteiger charge is 2.13. The third-order valence-corrected chi connectivity index (χ3v) is 4.12. The zero-order chi connectivity index (χ0) is 14.7. The molecule has 0 saturated heterocycles. The van der Waals surface area contributed by atoms with Crippen molar-refractivity contribution in [1.29, 1.82) is 0 Å². The van der Waals surface area contributed by atoms with Gasteiger partial charge < -0.3 is 4.57 Å². The molecule has 4 nitrogen and oxygen atoms in total. The molecular formula is C16H15N3OS. The Morgan fingerprint density at radius 3 is 2.57 bits per heavy atom. The van der Waals surface area contributed by atoms with E-state index < -0.39 is 0 Å². The molecule has 0 aliphatic heterocycles. The molecule has 0 spiro atoms. The van der Waals surface area contributed by atoms with Gasteiger partial charge in [-0.05, 0) is 29.8 Å². The molecule has 0 unspecified atom stereocenters. The molecule has 0 radical (unpaired) electrons. The largest absolute Gasteiger partial charge is 0.324 e. The van der Waals surface area contributed by atoms with E-state index >= 15 is 0 Å². The molecule has 0 aliphatic rings. The number of benzene rings is 1. The van der Waals surface area contributed by atoms with Gasteiger partial charge in [-0.25, -0.2) is 4.98 Å². The third-order valence-electron chi connectivity index (χ3n) is 3.27. The first-order chi connectivity index (χ1) is 10.2. The van der Waals surface area contributed by atoms with Crippen molar-refractivity contribution < 1.29 is 4.79 Å². The maximum Gasteiger partial charge on any atom is 0.232 e. The van der Waals surface area contributed by atoms with Gasteiger partial charge >= 0.3 is 0 Å². The van der Waals surface area contributed by atoms with Gasteiger partial charge in [-0.2, -0.15) is 0 Å². The highest BCUT2D eigenvalue weighted by Crippen LogP contribution is 2.17. The number of hydrogen-bond acceptors (Lipinski definition) is 3. The maximum atomic E-state index is 12.2. The fraction of sp³-hybridized carbons (Fsp3) is 0.125. The van der Waals surface area contributed by atoms with E-state index in [-0.39, 0.29) is 5.91 Å². The molecule has 0 atom stereocenters. The molecule has 2 heterocycles. The number of carbonyl (C=O) groups is 1. The summed E-state index contributed by atoms with van der Waals surface area (Å²) in [5.41, 5.74) is 2.09. The van der Waals surface area contributed by atoms with Crippen molar-refractivity contribution in [3.05, 3.63) is 65.9 Å². The number of amides is 1. The molecule has 3 rings (SSSR count). The second-order valence-corrected chi connectivity index (χ2v) is 5.57. The minimum atomic E-state index is 0.0404. The monoisotopic (exact) mass is 297 g/mol. The summed E-state index contributed by atoms with van der Waals surface area (Å²) in [4.78, 5) is 18.0. The number of nitrogens with zero attached hydrogens (tertiary/aromatic N) is 3. The van der Waals surface area contributed by atoms with Crippen LogP contribution in [0.4, 0.5) is 5.13 Å². The predicted octanol–water partition coefficient (Wildman–Crippen LogP) is 3.14. The van der Waals surface area contributed by atoms with Gasteiger partial charge in [0.05, 0.1) is 6.42 Å². The molecule has 1 amide bonds. The van der Waals surface area contributed by atoms with E-state index in [1.54, 1.807) is 18.1 Å². The van der Waals surface area contributed by atoms with Crippen molar-refractivity contribution in [3.63, 3.8) is 0 Å². The molecule has 0 fully saturated rings. The average molecular weight is 297 g/mol. The standard InChI is InChI=1S/C16H15N3OS/c1-18(16-17-8-11-21-16)15(20)12-13-4-6-14(7-5-13)19-9-2-3-10-19/h2-11H,12H2,1H3. The van der Waals surface area contributed by atoms with Gasteiger partial charge in [0.25, 0.3) is 0 Å². The minimum Gasteiger partial charge on any atom is -0.324 e. The summed E-state index contributed by atoms with van der Waals surface area (Å²) >= 11 is 1.46. The van der Waals surface area contributed by atoms with E-state index in [9.17, 15) is 4.79 Å². The lowest BCUT2D eigenvalue weighted by atomic mass is 10.1. The van der Waals surface area contributed by atoms with Crippen LogP contribution in [0.5, 0.6) is 0 Å². The van der Waals surface area contributed by atoms with Crippen LogP contribution in [0.1, 0.15) is 5.56 Å². The first-order valence-electron chi connectivity index (χ1n) is 6.62. The Morgan fingerprint density at radius 1 is 1.24 bits per heavy atom. The number of aromatic nitrogens is 2. The highest BCUT2D eigenvalue weighted by molar-refractivity contribution is 7.13. The fourth-order valence-corrected chi connectivity index (χ4v) is 2.70. The zero-order valence-electron chi connectivity index (χ0n) is 11.6. The van der Waals surface area contributed by atoms with E-state index in [1.165, 1.54) is 11.3 Å². The van der Waals surface area contributed by atoms with Crippen LogP contribution in [0.2, 0.25) is 0 Å². The summed E-state index contributed by atoms with van der Waals surface area (Å²) in [7, 11) is 1.76. The number of thiazole rings is 1. The van der Waals surface area contributed by atoms with Gasteiger partial charge in [0.2, 0.25) is 5.91 Å². The lowest BCUT2D eigenvalue weighted by Crippen LogP contribution is -2.27. The van der Waals surface area contributed by atoms with Gasteiger partial charge in [0.15, 0.2) is 5.13 Å². The third kappa shape index (κ3) is 3.03. The van der Waals surface area contributed by atoms with Crippen molar-refractivity contribution in [3.8, 4) is 5.69 Å². The molecule has 2 aromatic heterocycles. The van der Waals surface area contributed by atoms with Crippen molar-refractivity contribution >= 4 is 22.4 Å². The first-order valence-corrected chi connectivity index (χ1v) is 7.50. The van der Waals surface area contributed by atoms with Crippen molar-refractivity contribution in [2.45, 2.75) is 6.42 Å². The predicted molar refractivity (Wildman–Crippen MR) is 85.0 cm³/mol. The number of rotatable bonds is 4. The van der Waals surface area contributed by atoms with Crippen LogP contribution in [-0.2, 0) is 11.2 Å². The van der Waals surface area contributed by atoms with E-state index in [0.29, 0.717) is 6.42 Å². The molecule has 5 heteroatoms. The van der Waals surface area contributed by atoms with Crippen LogP contribution in [-0.4, -0.2) is 22.5 Å². The number of hydrogen-bond donors (Lipinski definition) is 0. The summed E-state index contributed by atoms with van der Waals surface area (Å²) in [5, 5.41) is 2.59. The Labute approximate surface area is 127 Å². The Morgan fingerprint density at radius 2 is 1.95 bits per heavy atom. The van der Waals surface area contributed by atoms with E-state index in [2.05, 4.69) is 4.98 Å². The minimum absolute atomic E-state index is 0.0404. The highest BCUT2D eigenvalue weighted by atomic mass is 32.1. The Balaban J connectivity index is 1.69. The molecule has 0 saturated carbocycles. The normalized spacial score (nSPS) is 10.5. The van der Waals surface area contributed by atoms with Crippen LogP contribution >= 0.6 is 11.3 Å². The van der Waals surface area contributed by atoms with Crippen LogP contribution in [0, 0.1) is 0 Å². The fourth-order valence-electron chi connectivity index (χ4n) is 2.07. The summed E-state index contributed by atoms with van der Waals surface area (Å²) in [6.45, 7) is 0. The van der Waals surface area contributed by atoms with Gasteiger partial charge in [-0.3, -0.25) is 9.69 Å². The Bertz CT molecular complexity index is 703. The van der Waals surface area contributed by atoms with Crippen molar-refractivity contribution in [2.75, 3.05) is 11.9 Å². The molecule has 0 bridgehead atoms. The Hall–Kier alpha value is -2.40. The molecule has 0 N–H and O–H groups in total. The molecule has 106 valence electrons. The molecule has 3 aromatic rings. The number of likely N-dealkylation sites (N-methyl/N-ethyl adjacent to an activating group) is 1. The average Bonchev–Trinajstić information content (AvgIpc) is 3.20. The van der Waals surface area contributed by atoms with Crippen molar-refractivity contribution in [2.24, 2.45) is 0 Å². The summed E-state index contributed by atoms with van der Waals surface area (Å²) in [6.07, 6.45) is 6.07. The van der Waals surface area contributed by atoms with E-state index in [4.69, 9.17) is 0 Å². The zero-order valence-corrected chi connectivity index (χ0v) is 12.5. The van der Waals surface area contributed by atoms with Crippen LogP contribution in [0.3, 0.4) is 0 Å². The summed E-state index contributed by atoms with van der Waals surface area (Å²) in [6, 6.07) is 12.0. The van der Waals surface area contributed by atoms with Gasteiger partial charge in [-0.15, -0.1) is 11.3 Å². The van der Waals surface area contributed by atoms with E-state index in [0.717, 1.165) is 16.4 Å². The smallest absolute Gasteiger partial charge is 0.232 e. The number of anilines is 1. The molecular weight excluding hydrogens is 282 g/mol. The van der Waals surface area contributed by atoms with Crippen LogP contribution in [0.15, 0.2) is 60.4 Å². The number of carbonyl (C=O) groups excluding carboxylic acids is 1. The maximum absolute atomic E-state index is 12.2. The van der Waals surface area contributed by atoms with E-state index in [1.807, 2.05) is 58.7 Å². The first kappa shape index (κ1) is 13.6. The Kier molecular flexibility index (Phi) is 3.83. The lowest BCUT2D eigenvalue weighted by Gasteiger charge is -2.13. The lowest BCUT2D eigenvalue weighted by molar-refractivity contribution is -0.117. The van der Waals surface area contributed by atoms with Crippen molar-refractivity contribution in [1.82, 2.24) is 9.55 Å². The second-order valence-electron chi connectivity index (χ2n) is 4.70. The topological polar surface area (TPSA) is 38.1 Å². The van der Waals surface area contributed by atoms with Crippen LogP contribution in [0.25, 0.3) is 5.69 Å². The summed E-state index contributed by atoms with van der Waals surface area (Å²) in [5.74, 6) is 0.0404. The molecule has 0 aliphatic carbocycles. The summed E-state index contributed by atoms with van der Waals surface area (Å²) < 4.78 is 2.04. The van der Waals surface area contributed by atoms with Gasteiger partial charge in [-0.1, -0.05) is 12.1 Å². The second kappa shape index (κ2) is 5.93. The molecule has 1 aromatic carbocycles. The molecule has 21 heavy (non-hydrogen) atoms.